The minimum absolute atomic E-state index is 0.0185. The van der Waals surface area contributed by atoms with Crippen molar-refractivity contribution >= 4 is 17.7 Å². The molecule has 0 aliphatic heterocycles. The van der Waals surface area contributed by atoms with Crippen LogP contribution in [-0.2, 0) is 11.3 Å². The van der Waals surface area contributed by atoms with Crippen LogP contribution < -0.4 is 10.1 Å². The van der Waals surface area contributed by atoms with Crippen molar-refractivity contribution in [1.82, 2.24) is 5.32 Å². The van der Waals surface area contributed by atoms with Gasteiger partial charge in [0.15, 0.2) is 0 Å². The highest BCUT2D eigenvalue weighted by atomic mass is 32.2. The summed E-state index contributed by atoms with van der Waals surface area (Å²) in [5.41, 5.74) is 3.40. The first-order valence-corrected chi connectivity index (χ1v) is 9.41. The van der Waals surface area contributed by atoms with Crippen LogP contribution in [0.3, 0.4) is 0 Å². The molecule has 0 atom stereocenters. The molecule has 0 radical (unpaired) electrons. The van der Waals surface area contributed by atoms with E-state index >= 15 is 0 Å². The van der Waals surface area contributed by atoms with Crippen LogP contribution in [0.4, 0.5) is 0 Å². The second-order valence-electron chi connectivity index (χ2n) is 5.81. The fourth-order valence-corrected chi connectivity index (χ4v) is 3.29. The van der Waals surface area contributed by atoms with Gasteiger partial charge in [-0.1, -0.05) is 54.6 Å². The Morgan fingerprint density at radius 2 is 1.65 bits per heavy atom. The SMILES string of the molecule is COc1cccc(CNC(=O)CSc2ccc(-c3ccccc3)cc2)c1. The molecule has 26 heavy (non-hydrogen) atoms. The van der Waals surface area contributed by atoms with E-state index in [9.17, 15) is 4.79 Å². The Morgan fingerprint density at radius 1 is 0.923 bits per heavy atom. The Bertz CT molecular complexity index is 848. The van der Waals surface area contributed by atoms with Gasteiger partial charge in [-0.25, -0.2) is 0 Å². The maximum Gasteiger partial charge on any atom is 0.230 e. The highest BCUT2D eigenvalue weighted by molar-refractivity contribution is 8.00. The van der Waals surface area contributed by atoms with E-state index in [4.69, 9.17) is 4.74 Å². The van der Waals surface area contributed by atoms with E-state index < -0.39 is 0 Å². The van der Waals surface area contributed by atoms with Gasteiger partial charge in [-0.2, -0.15) is 0 Å². The number of amides is 1. The second-order valence-corrected chi connectivity index (χ2v) is 6.86. The first-order chi connectivity index (χ1) is 12.7. The number of rotatable bonds is 7. The fourth-order valence-electron chi connectivity index (χ4n) is 2.56. The average Bonchev–Trinajstić information content (AvgIpc) is 2.72. The largest absolute Gasteiger partial charge is 0.497 e. The highest BCUT2D eigenvalue weighted by Crippen LogP contribution is 2.24. The Balaban J connectivity index is 1.48. The molecule has 1 amide bonds. The number of nitrogens with one attached hydrogen (secondary N) is 1. The average molecular weight is 363 g/mol. The molecule has 0 aromatic heterocycles. The zero-order valence-electron chi connectivity index (χ0n) is 14.6. The van der Waals surface area contributed by atoms with E-state index in [0.29, 0.717) is 12.3 Å². The molecular weight excluding hydrogens is 342 g/mol. The van der Waals surface area contributed by atoms with Crippen LogP contribution in [0.15, 0.2) is 83.8 Å². The third kappa shape index (κ3) is 5.14. The normalized spacial score (nSPS) is 10.3. The Morgan fingerprint density at radius 3 is 2.38 bits per heavy atom. The lowest BCUT2D eigenvalue weighted by Crippen LogP contribution is -2.24. The van der Waals surface area contributed by atoms with Crippen LogP contribution in [0.5, 0.6) is 5.75 Å². The molecule has 3 nitrogen and oxygen atoms in total. The molecule has 3 aromatic rings. The second kappa shape index (κ2) is 9.11. The summed E-state index contributed by atoms with van der Waals surface area (Å²) in [5, 5.41) is 2.94. The van der Waals surface area contributed by atoms with Crippen LogP contribution in [0.2, 0.25) is 0 Å². The zero-order valence-corrected chi connectivity index (χ0v) is 15.5. The van der Waals surface area contributed by atoms with E-state index in [0.717, 1.165) is 16.2 Å². The molecule has 0 unspecified atom stereocenters. The van der Waals surface area contributed by atoms with Crippen molar-refractivity contribution < 1.29 is 9.53 Å². The molecule has 3 aromatic carbocycles. The summed E-state index contributed by atoms with van der Waals surface area (Å²) in [6.07, 6.45) is 0. The standard InChI is InChI=1S/C22H21NO2S/c1-25-20-9-5-6-17(14-20)15-23-22(24)16-26-21-12-10-19(11-13-21)18-7-3-2-4-8-18/h2-14H,15-16H2,1H3,(H,23,24). The van der Waals surface area contributed by atoms with Gasteiger partial charge >= 0.3 is 0 Å². The lowest BCUT2D eigenvalue weighted by atomic mass is 10.1. The van der Waals surface area contributed by atoms with E-state index in [1.54, 1.807) is 7.11 Å². The van der Waals surface area contributed by atoms with E-state index in [-0.39, 0.29) is 5.91 Å². The number of hydrogen-bond donors (Lipinski definition) is 1. The number of hydrogen-bond acceptors (Lipinski definition) is 3. The van der Waals surface area contributed by atoms with Gasteiger partial charge in [0.05, 0.1) is 12.9 Å². The lowest BCUT2D eigenvalue weighted by Gasteiger charge is -2.07. The van der Waals surface area contributed by atoms with Gasteiger partial charge in [-0.15, -0.1) is 11.8 Å². The van der Waals surface area contributed by atoms with Gasteiger partial charge in [-0.05, 0) is 41.0 Å². The summed E-state index contributed by atoms with van der Waals surface area (Å²) >= 11 is 1.54. The van der Waals surface area contributed by atoms with Crippen molar-refractivity contribution in [3.8, 4) is 16.9 Å². The minimum Gasteiger partial charge on any atom is -0.497 e. The number of carbonyl (C=O) groups is 1. The predicted octanol–water partition coefficient (Wildman–Crippen LogP) is 4.77. The maximum atomic E-state index is 12.1. The molecule has 0 spiro atoms. The van der Waals surface area contributed by atoms with Crippen LogP contribution in [0.25, 0.3) is 11.1 Å². The first-order valence-electron chi connectivity index (χ1n) is 8.42. The van der Waals surface area contributed by atoms with Crippen LogP contribution in [0, 0.1) is 0 Å². The number of methoxy groups -OCH3 is 1. The quantitative estimate of drug-likeness (QED) is 0.615. The van der Waals surface area contributed by atoms with Gasteiger partial charge in [0, 0.05) is 11.4 Å². The van der Waals surface area contributed by atoms with Gasteiger partial charge in [0.1, 0.15) is 5.75 Å². The molecule has 132 valence electrons. The molecule has 0 heterocycles. The van der Waals surface area contributed by atoms with Gasteiger partial charge in [-0.3, -0.25) is 4.79 Å². The van der Waals surface area contributed by atoms with Crippen LogP contribution in [0.1, 0.15) is 5.56 Å². The van der Waals surface area contributed by atoms with Crippen LogP contribution in [-0.4, -0.2) is 18.8 Å². The number of ether oxygens (including phenoxy) is 1. The van der Waals surface area contributed by atoms with E-state index in [1.165, 1.54) is 22.9 Å². The Labute approximate surface area is 158 Å². The summed E-state index contributed by atoms with van der Waals surface area (Å²) in [5.74, 6) is 1.21. The predicted molar refractivity (Wildman–Crippen MR) is 107 cm³/mol. The van der Waals surface area contributed by atoms with Crippen molar-refractivity contribution in [2.75, 3.05) is 12.9 Å². The third-order valence-electron chi connectivity index (χ3n) is 3.96. The monoisotopic (exact) mass is 363 g/mol. The minimum atomic E-state index is 0.0185. The van der Waals surface area contributed by atoms with Crippen molar-refractivity contribution in [2.45, 2.75) is 11.4 Å². The molecule has 0 aliphatic carbocycles. The zero-order chi connectivity index (χ0) is 18.2. The molecule has 0 saturated carbocycles. The highest BCUT2D eigenvalue weighted by Gasteiger charge is 2.04. The van der Waals surface area contributed by atoms with E-state index in [1.807, 2.05) is 42.5 Å². The smallest absolute Gasteiger partial charge is 0.230 e. The topological polar surface area (TPSA) is 38.3 Å². The molecule has 0 saturated heterocycles. The van der Waals surface area contributed by atoms with Crippen LogP contribution >= 0.6 is 11.8 Å². The molecule has 1 N–H and O–H groups in total. The summed E-state index contributed by atoms with van der Waals surface area (Å²) in [7, 11) is 1.64. The number of benzene rings is 3. The summed E-state index contributed by atoms with van der Waals surface area (Å²) in [4.78, 5) is 13.2. The molecule has 0 bridgehead atoms. The maximum absolute atomic E-state index is 12.1. The summed E-state index contributed by atoms with van der Waals surface area (Å²) in [6.45, 7) is 0.504. The lowest BCUT2D eigenvalue weighted by molar-refractivity contribution is -0.118. The first kappa shape index (κ1) is 18.1. The molecular formula is C22H21NO2S. The van der Waals surface area contributed by atoms with Gasteiger partial charge < -0.3 is 10.1 Å². The Hall–Kier alpha value is -2.72. The molecule has 4 heteroatoms. The number of thioether (sulfide) groups is 1. The van der Waals surface area contributed by atoms with Crippen molar-refractivity contribution in [3.63, 3.8) is 0 Å². The summed E-state index contributed by atoms with van der Waals surface area (Å²) < 4.78 is 5.19. The Kier molecular flexibility index (Phi) is 6.34. The third-order valence-corrected chi connectivity index (χ3v) is 4.97. The molecule has 0 aliphatic rings. The van der Waals surface area contributed by atoms with Gasteiger partial charge in [0.25, 0.3) is 0 Å². The summed E-state index contributed by atoms with van der Waals surface area (Å²) in [6, 6.07) is 26.3. The number of carbonyl (C=O) groups excluding carboxylic acids is 1. The van der Waals surface area contributed by atoms with Crippen molar-refractivity contribution in [2.24, 2.45) is 0 Å². The van der Waals surface area contributed by atoms with Crippen molar-refractivity contribution in [3.05, 3.63) is 84.4 Å². The van der Waals surface area contributed by atoms with E-state index in [2.05, 4.69) is 41.7 Å². The molecule has 3 rings (SSSR count). The molecule has 0 fully saturated rings. The fraction of sp³-hybridized carbons (Fsp3) is 0.136. The van der Waals surface area contributed by atoms with Crippen molar-refractivity contribution in [1.29, 1.82) is 0 Å². The van der Waals surface area contributed by atoms with Gasteiger partial charge in [0.2, 0.25) is 5.91 Å².